The molecule has 1 amide bonds. The molecule has 1 N–H and O–H groups in total. The highest BCUT2D eigenvalue weighted by molar-refractivity contribution is 5.68. The normalized spacial score (nSPS) is 18.4. The maximum absolute atomic E-state index is 11.7. The minimum atomic E-state index is -0.108. The molecule has 0 spiro atoms. The summed E-state index contributed by atoms with van der Waals surface area (Å²) in [5.74, 6) is 0. The highest BCUT2D eigenvalue weighted by Crippen LogP contribution is 2.20. The number of amides is 1. The van der Waals surface area contributed by atoms with Crippen molar-refractivity contribution in [2.24, 2.45) is 0 Å². The Kier molecular flexibility index (Phi) is 11.1. The van der Waals surface area contributed by atoms with Crippen molar-refractivity contribution >= 4 is 12.2 Å². The molecule has 0 aromatic heterocycles. The van der Waals surface area contributed by atoms with E-state index in [9.17, 15) is 4.79 Å². The van der Waals surface area contributed by atoms with E-state index in [1.807, 2.05) is 4.90 Å². The van der Waals surface area contributed by atoms with Crippen LogP contribution in [0.15, 0.2) is 0 Å². The molecule has 6 nitrogen and oxygen atoms in total. The van der Waals surface area contributed by atoms with Crippen LogP contribution < -0.4 is 5.32 Å². The van der Waals surface area contributed by atoms with Gasteiger partial charge in [-0.3, -0.25) is 0 Å². The van der Waals surface area contributed by atoms with E-state index >= 15 is 0 Å². The van der Waals surface area contributed by atoms with Crippen LogP contribution in [0.2, 0.25) is 0 Å². The summed E-state index contributed by atoms with van der Waals surface area (Å²) in [6.07, 6.45) is 14.1. The van der Waals surface area contributed by atoms with Crippen LogP contribution in [0.5, 0.6) is 0 Å². The first-order valence-corrected chi connectivity index (χ1v) is 6.77. The van der Waals surface area contributed by atoms with Crippen molar-refractivity contribution in [3.63, 3.8) is 0 Å². The third-order valence-corrected chi connectivity index (χ3v) is 3.19. The van der Waals surface area contributed by atoms with Gasteiger partial charge in [-0.15, -0.1) is 12.8 Å². The number of hydrogen-bond acceptors (Lipinski definition) is 5. The van der Waals surface area contributed by atoms with Crippen molar-refractivity contribution in [2.75, 3.05) is 26.2 Å². The Bertz CT molecular complexity index is 312. The van der Waals surface area contributed by atoms with Crippen molar-refractivity contribution in [1.82, 2.24) is 10.2 Å². The van der Waals surface area contributed by atoms with E-state index in [2.05, 4.69) is 18.2 Å². The number of terminal acetylenes is 1. The van der Waals surface area contributed by atoms with Crippen molar-refractivity contribution in [1.29, 1.82) is 0 Å². The minimum absolute atomic E-state index is 0.108. The van der Waals surface area contributed by atoms with E-state index in [-0.39, 0.29) is 18.3 Å². The molecule has 0 aromatic rings. The van der Waals surface area contributed by atoms with Crippen LogP contribution in [0.25, 0.3) is 0 Å². The predicted octanol–water partition coefficient (Wildman–Crippen LogP) is 1.03. The summed E-state index contributed by atoms with van der Waals surface area (Å²) < 4.78 is 5.49. The molecule has 112 valence electrons. The molecule has 20 heavy (non-hydrogen) atoms. The number of hydrogen-bond donors (Lipinski definition) is 1. The van der Waals surface area contributed by atoms with Gasteiger partial charge in [-0.05, 0) is 25.7 Å². The van der Waals surface area contributed by atoms with Crippen LogP contribution in [0.4, 0.5) is 4.79 Å². The summed E-state index contributed by atoms with van der Waals surface area (Å²) in [5, 5.41) is 3.22. The van der Waals surface area contributed by atoms with Crippen molar-refractivity contribution in [3.05, 3.63) is 0 Å². The molecule has 0 atom stereocenters. The van der Waals surface area contributed by atoms with E-state index in [1.165, 1.54) is 19.3 Å². The van der Waals surface area contributed by atoms with Crippen molar-refractivity contribution in [2.45, 2.75) is 38.2 Å². The summed E-state index contributed by atoms with van der Waals surface area (Å²) in [5.41, 5.74) is 0. The zero-order chi connectivity index (χ0) is 15.2. The quantitative estimate of drug-likeness (QED) is 0.727. The molecule has 1 aliphatic carbocycles. The molecule has 2 fully saturated rings. The number of rotatable bonds is 1. The highest BCUT2D eigenvalue weighted by Gasteiger charge is 2.22. The van der Waals surface area contributed by atoms with E-state index in [1.54, 1.807) is 0 Å². The monoisotopic (exact) mass is 282 g/mol. The summed E-state index contributed by atoms with van der Waals surface area (Å²) in [6, 6.07) is 0. The van der Waals surface area contributed by atoms with Gasteiger partial charge in [0.25, 0.3) is 0 Å². The zero-order valence-corrected chi connectivity index (χ0v) is 11.7. The van der Waals surface area contributed by atoms with Gasteiger partial charge in [-0.1, -0.05) is 6.42 Å². The lowest BCUT2D eigenvalue weighted by molar-refractivity contribution is -0.191. The van der Waals surface area contributed by atoms with Crippen LogP contribution in [0.1, 0.15) is 32.1 Å². The second kappa shape index (κ2) is 12.2. The molecule has 1 heterocycles. The number of nitrogens with zero attached hydrogens (tertiary/aromatic N) is 1. The number of piperazine rings is 1. The van der Waals surface area contributed by atoms with Gasteiger partial charge >= 0.3 is 12.2 Å². The van der Waals surface area contributed by atoms with Crippen LogP contribution in [-0.4, -0.2) is 49.4 Å². The van der Waals surface area contributed by atoms with Crippen molar-refractivity contribution in [3.8, 4) is 12.8 Å². The molecule has 0 unspecified atom stereocenters. The van der Waals surface area contributed by atoms with Gasteiger partial charge < -0.3 is 15.0 Å². The fourth-order valence-electron chi connectivity index (χ4n) is 2.25. The second-order valence-electron chi connectivity index (χ2n) is 4.46. The van der Waals surface area contributed by atoms with Gasteiger partial charge in [-0.25, -0.2) is 4.79 Å². The van der Waals surface area contributed by atoms with Crippen LogP contribution in [-0.2, 0) is 14.3 Å². The van der Waals surface area contributed by atoms with Crippen LogP contribution >= 0.6 is 0 Å². The molecular weight excluding hydrogens is 260 g/mol. The van der Waals surface area contributed by atoms with Gasteiger partial charge in [0.05, 0.1) is 0 Å². The molecule has 1 aliphatic heterocycles. The lowest BCUT2D eigenvalue weighted by atomic mass is 9.98. The second-order valence-corrected chi connectivity index (χ2v) is 4.46. The van der Waals surface area contributed by atoms with E-state index < -0.39 is 0 Å². The van der Waals surface area contributed by atoms with Crippen LogP contribution in [0.3, 0.4) is 0 Å². The minimum Gasteiger partial charge on any atom is -0.446 e. The smallest absolute Gasteiger partial charge is 0.410 e. The van der Waals surface area contributed by atoms with Gasteiger partial charge in [0, 0.05) is 26.2 Å². The fourth-order valence-corrected chi connectivity index (χ4v) is 2.25. The van der Waals surface area contributed by atoms with Gasteiger partial charge in [0.2, 0.25) is 0 Å². The largest absolute Gasteiger partial charge is 0.446 e. The zero-order valence-electron chi connectivity index (χ0n) is 11.7. The average Bonchev–Trinajstić information content (AvgIpc) is 2.52. The fraction of sp³-hybridized carbons (Fsp3) is 0.714. The lowest BCUT2D eigenvalue weighted by Crippen LogP contribution is -2.47. The Balaban J connectivity index is 0.000000641. The molecule has 0 aromatic carbocycles. The van der Waals surface area contributed by atoms with E-state index in [0.717, 1.165) is 39.0 Å². The molecular formula is C14H22N2O4. The number of nitrogens with one attached hydrogen (secondary N) is 1. The van der Waals surface area contributed by atoms with E-state index in [0.29, 0.717) is 0 Å². The Morgan fingerprint density at radius 2 is 1.60 bits per heavy atom. The SMILES string of the molecule is C#C.O=C(OC1CCCCC1)N1CCNCC1.O=C=O. The first-order chi connectivity index (χ1) is 9.77. The van der Waals surface area contributed by atoms with Gasteiger partial charge in [-0.2, -0.15) is 9.59 Å². The number of ether oxygens (including phenoxy) is 1. The molecule has 0 bridgehead atoms. The standard InChI is InChI=1S/C11H20N2O2.C2H2.CO2/c14-11(13-8-6-12-7-9-13)15-10-4-2-1-3-5-10;1-2;2-1-3/h10,12H,1-9H2;1-2H;. The summed E-state index contributed by atoms with van der Waals surface area (Å²) in [7, 11) is 0. The summed E-state index contributed by atoms with van der Waals surface area (Å²) in [6.45, 7) is 3.34. The van der Waals surface area contributed by atoms with Gasteiger partial charge in [0.1, 0.15) is 6.10 Å². The number of carbonyl (C=O) groups is 1. The van der Waals surface area contributed by atoms with Crippen molar-refractivity contribution < 1.29 is 19.1 Å². The molecule has 2 aliphatic rings. The molecule has 0 radical (unpaired) electrons. The Hall–Kier alpha value is -1.83. The Morgan fingerprint density at radius 1 is 1.10 bits per heavy atom. The first-order valence-electron chi connectivity index (χ1n) is 6.77. The molecule has 1 saturated carbocycles. The lowest BCUT2D eigenvalue weighted by Gasteiger charge is -2.29. The third-order valence-electron chi connectivity index (χ3n) is 3.19. The molecule has 6 heteroatoms. The highest BCUT2D eigenvalue weighted by atomic mass is 16.6. The summed E-state index contributed by atoms with van der Waals surface area (Å²) in [4.78, 5) is 29.8. The predicted molar refractivity (Wildman–Crippen MR) is 72.7 cm³/mol. The topological polar surface area (TPSA) is 75.7 Å². The molecule has 2 rings (SSSR count). The maximum atomic E-state index is 11.7. The third kappa shape index (κ3) is 7.57. The Labute approximate surface area is 119 Å². The van der Waals surface area contributed by atoms with E-state index in [4.69, 9.17) is 14.3 Å². The summed E-state index contributed by atoms with van der Waals surface area (Å²) >= 11 is 0. The van der Waals surface area contributed by atoms with Crippen LogP contribution in [0, 0.1) is 12.8 Å². The molecule has 1 saturated heterocycles. The Morgan fingerprint density at radius 3 is 2.10 bits per heavy atom. The number of carbonyl (C=O) groups excluding carboxylic acids is 3. The van der Waals surface area contributed by atoms with Gasteiger partial charge in [0.15, 0.2) is 0 Å². The average molecular weight is 282 g/mol. The first kappa shape index (κ1) is 18.2. The maximum Gasteiger partial charge on any atom is 0.410 e.